The summed E-state index contributed by atoms with van der Waals surface area (Å²) >= 11 is 1.68. The number of nitrogen functional groups attached to an aromatic ring is 1. The van der Waals surface area contributed by atoms with Crippen molar-refractivity contribution in [1.82, 2.24) is 4.90 Å². The minimum absolute atomic E-state index is 0.248. The van der Waals surface area contributed by atoms with E-state index in [1.807, 2.05) is 62.6 Å². The van der Waals surface area contributed by atoms with E-state index in [4.69, 9.17) is 10.5 Å². The van der Waals surface area contributed by atoms with Crippen LogP contribution in [0.1, 0.15) is 22.3 Å². The van der Waals surface area contributed by atoms with Gasteiger partial charge in [-0.1, -0.05) is 18.2 Å². The maximum absolute atomic E-state index is 12.3. The fraction of sp³-hybridized carbons (Fsp3) is 0.316. The van der Waals surface area contributed by atoms with Crippen LogP contribution < -0.4 is 5.73 Å². The third kappa shape index (κ3) is 5.91. The van der Waals surface area contributed by atoms with Gasteiger partial charge >= 0.3 is 5.97 Å². The molecule has 0 aliphatic heterocycles. The van der Waals surface area contributed by atoms with Crippen LogP contribution in [0.3, 0.4) is 0 Å². The highest BCUT2D eigenvalue weighted by molar-refractivity contribution is 7.98. The van der Waals surface area contributed by atoms with Crippen molar-refractivity contribution in [2.75, 3.05) is 33.0 Å². The molecule has 0 saturated heterocycles. The van der Waals surface area contributed by atoms with Gasteiger partial charge in [-0.3, -0.25) is 0 Å². The quantitative estimate of drug-likeness (QED) is 0.343. The monoisotopic (exact) mass is 344 g/mol. The molecule has 5 heteroatoms. The van der Waals surface area contributed by atoms with Crippen molar-refractivity contribution in [3.8, 4) is 0 Å². The van der Waals surface area contributed by atoms with Crippen LogP contribution in [0.2, 0.25) is 0 Å². The number of ether oxygens (including phenoxy) is 1. The molecule has 2 N–H and O–H groups in total. The Morgan fingerprint density at radius 1 is 1.12 bits per heavy atom. The summed E-state index contributed by atoms with van der Waals surface area (Å²) in [5.74, 6) is 0.467. The topological polar surface area (TPSA) is 55.6 Å². The molecule has 2 aromatic rings. The number of rotatable bonds is 8. The number of carbonyl (C=O) groups excluding carboxylic acids is 1. The summed E-state index contributed by atoms with van der Waals surface area (Å²) in [7, 11) is 4.01. The summed E-state index contributed by atoms with van der Waals surface area (Å²) in [5.41, 5.74) is 8.08. The van der Waals surface area contributed by atoms with E-state index in [-0.39, 0.29) is 5.97 Å². The van der Waals surface area contributed by atoms with E-state index in [1.54, 1.807) is 11.8 Å². The van der Waals surface area contributed by atoms with Crippen LogP contribution in [-0.2, 0) is 10.5 Å². The average Bonchev–Trinajstić information content (AvgIpc) is 2.58. The van der Waals surface area contributed by atoms with Gasteiger partial charge in [-0.25, -0.2) is 4.79 Å². The van der Waals surface area contributed by atoms with Gasteiger partial charge in [0.25, 0.3) is 0 Å². The molecule has 2 aromatic carbocycles. The third-order valence-electron chi connectivity index (χ3n) is 3.49. The van der Waals surface area contributed by atoms with Gasteiger partial charge in [0, 0.05) is 22.9 Å². The zero-order valence-electron chi connectivity index (χ0n) is 14.2. The number of thioether (sulfide) groups is 1. The zero-order chi connectivity index (χ0) is 17.4. The summed E-state index contributed by atoms with van der Waals surface area (Å²) in [6, 6.07) is 15.4. The van der Waals surface area contributed by atoms with Crippen LogP contribution in [0.5, 0.6) is 0 Å². The Kier molecular flexibility index (Phi) is 7.15. The average molecular weight is 344 g/mol. The van der Waals surface area contributed by atoms with Gasteiger partial charge in [0.05, 0.1) is 12.2 Å². The third-order valence-corrected chi connectivity index (χ3v) is 4.56. The van der Waals surface area contributed by atoms with Gasteiger partial charge in [0.1, 0.15) is 0 Å². The van der Waals surface area contributed by atoms with Gasteiger partial charge < -0.3 is 15.4 Å². The fourth-order valence-electron chi connectivity index (χ4n) is 2.19. The van der Waals surface area contributed by atoms with E-state index < -0.39 is 0 Å². The minimum atomic E-state index is -0.248. The van der Waals surface area contributed by atoms with Crippen molar-refractivity contribution in [2.24, 2.45) is 0 Å². The van der Waals surface area contributed by atoms with Crippen molar-refractivity contribution in [1.29, 1.82) is 0 Å². The van der Waals surface area contributed by atoms with Crippen molar-refractivity contribution in [3.05, 3.63) is 59.7 Å². The molecular weight excluding hydrogens is 320 g/mol. The van der Waals surface area contributed by atoms with Gasteiger partial charge in [-0.05, 0) is 56.4 Å². The second-order valence-corrected chi connectivity index (χ2v) is 6.86. The molecule has 2 rings (SSSR count). The number of carbonyl (C=O) groups is 1. The Morgan fingerprint density at radius 3 is 2.54 bits per heavy atom. The Morgan fingerprint density at radius 2 is 1.83 bits per heavy atom. The number of anilines is 1. The molecule has 0 bridgehead atoms. The summed E-state index contributed by atoms with van der Waals surface area (Å²) in [4.78, 5) is 15.5. The Hall–Kier alpha value is -1.98. The van der Waals surface area contributed by atoms with E-state index in [2.05, 4.69) is 4.90 Å². The first kappa shape index (κ1) is 18.4. The summed E-state index contributed by atoms with van der Waals surface area (Å²) < 4.78 is 5.40. The van der Waals surface area contributed by atoms with Crippen LogP contribution in [-0.4, -0.2) is 38.1 Å². The molecule has 0 saturated carbocycles. The van der Waals surface area contributed by atoms with Gasteiger partial charge in [-0.2, -0.15) is 0 Å². The fourth-order valence-corrected chi connectivity index (χ4v) is 3.10. The van der Waals surface area contributed by atoms with Crippen LogP contribution in [0.15, 0.2) is 53.4 Å². The van der Waals surface area contributed by atoms with Crippen LogP contribution >= 0.6 is 11.8 Å². The molecule has 0 unspecified atom stereocenters. The molecule has 24 heavy (non-hydrogen) atoms. The van der Waals surface area contributed by atoms with Crippen molar-refractivity contribution in [3.63, 3.8) is 0 Å². The number of benzene rings is 2. The molecule has 0 aliphatic rings. The van der Waals surface area contributed by atoms with Crippen LogP contribution in [0, 0.1) is 0 Å². The first-order valence-electron chi connectivity index (χ1n) is 7.94. The molecule has 0 amide bonds. The number of nitrogens with zero attached hydrogens (tertiary/aromatic N) is 1. The van der Waals surface area contributed by atoms with Crippen LogP contribution in [0.4, 0.5) is 5.69 Å². The van der Waals surface area contributed by atoms with E-state index in [0.717, 1.165) is 29.1 Å². The molecule has 4 nitrogen and oxygen atoms in total. The minimum Gasteiger partial charge on any atom is -0.462 e. The predicted molar refractivity (Wildman–Crippen MR) is 100 cm³/mol. The number of esters is 1. The second-order valence-electron chi connectivity index (χ2n) is 5.81. The SMILES string of the molecule is CN(C)CCCOC(=O)c1ccccc1CSc1ccc(N)cc1. The van der Waals surface area contributed by atoms with Gasteiger partial charge in [0.2, 0.25) is 0 Å². The first-order valence-corrected chi connectivity index (χ1v) is 8.93. The summed E-state index contributed by atoms with van der Waals surface area (Å²) in [5, 5.41) is 0. The zero-order valence-corrected chi connectivity index (χ0v) is 15.0. The molecule has 0 atom stereocenters. The molecule has 0 heterocycles. The number of hydrogen-bond acceptors (Lipinski definition) is 5. The Bertz CT molecular complexity index is 657. The first-order chi connectivity index (χ1) is 11.6. The van der Waals surface area contributed by atoms with E-state index in [0.29, 0.717) is 17.9 Å². The predicted octanol–water partition coefficient (Wildman–Crippen LogP) is 3.67. The van der Waals surface area contributed by atoms with Crippen LogP contribution in [0.25, 0.3) is 0 Å². The van der Waals surface area contributed by atoms with Crippen molar-refractivity contribution >= 4 is 23.4 Å². The maximum atomic E-state index is 12.3. The smallest absolute Gasteiger partial charge is 0.338 e. The molecular formula is C19H24N2O2S. The van der Waals surface area contributed by atoms with E-state index in [9.17, 15) is 4.79 Å². The Balaban J connectivity index is 1.93. The number of hydrogen-bond donors (Lipinski definition) is 1. The van der Waals surface area contributed by atoms with E-state index >= 15 is 0 Å². The second kappa shape index (κ2) is 9.35. The van der Waals surface area contributed by atoms with Crippen molar-refractivity contribution in [2.45, 2.75) is 17.1 Å². The van der Waals surface area contributed by atoms with E-state index in [1.165, 1.54) is 0 Å². The molecule has 128 valence electrons. The molecule has 0 spiro atoms. The summed E-state index contributed by atoms with van der Waals surface area (Å²) in [6.07, 6.45) is 0.834. The highest BCUT2D eigenvalue weighted by Gasteiger charge is 2.12. The standard InChI is InChI=1S/C19H24N2O2S/c1-21(2)12-5-13-23-19(22)18-7-4-3-6-15(18)14-24-17-10-8-16(20)9-11-17/h3-4,6-11H,5,12-14,20H2,1-2H3. The number of nitrogens with two attached hydrogens (primary N) is 1. The van der Waals surface area contributed by atoms with Gasteiger partial charge in [0.15, 0.2) is 0 Å². The lowest BCUT2D eigenvalue weighted by Gasteiger charge is -2.11. The van der Waals surface area contributed by atoms with Crippen molar-refractivity contribution < 1.29 is 9.53 Å². The molecule has 0 aliphatic carbocycles. The van der Waals surface area contributed by atoms with Gasteiger partial charge in [-0.15, -0.1) is 11.8 Å². The largest absolute Gasteiger partial charge is 0.462 e. The lowest BCUT2D eigenvalue weighted by Crippen LogP contribution is -2.16. The molecule has 0 fully saturated rings. The summed E-state index contributed by atoms with van der Waals surface area (Å²) in [6.45, 7) is 1.35. The Labute approximate surface area is 148 Å². The lowest BCUT2D eigenvalue weighted by atomic mass is 10.1. The molecule has 0 radical (unpaired) electrons. The highest BCUT2D eigenvalue weighted by atomic mass is 32.2. The highest BCUT2D eigenvalue weighted by Crippen LogP contribution is 2.25. The molecule has 0 aromatic heterocycles. The lowest BCUT2D eigenvalue weighted by molar-refractivity contribution is 0.0492. The maximum Gasteiger partial charge on any atom is 0.338 e. The normalized spacial score (nSPS) is 10.8.